The van der Waals surface area contributed by atoms with Crippen LogP contribution in [0.25, 0.3) is 10.9 Å². The molecule has 9 heteroatoms. The Labute approximate surface area is 239 Å². The average molecular weight is 566 g/mol. The number of piperidine rings is 1. The molecule has 0 bridgehead atoms. The van der Waals surface area contributed by atoms with E-state index in [1.165, 1.54) is 37.1 Å². The zero-order valence-corrected chi connectivity index (χ0v) is 23.3. The minimum atomic E-state index is -3.91. The predicted molar refractivity (Wildman–Crippen MR) is 162 cm³/mol. The predicted octanol–water partition coefficient (Wildman–Crippen LogP) is 6.22. The molecule has 8 nitrogen and oxygen atoms in total. The number of sulfonamides is 1. The minimum absolute atomic E-state index is 0.0589. The van der Waals surface area contributed by atoms with Crippen LogP contribution in [0.4, 0.5) is 11.4 Å². The zero-order valence-electron chi connectivity index (χ0n) is 22.5. The fraction of sp³-hybridized carbons (Fsp3) is 0.188. The molecule has 3 heterocycles. The summed E-state index contributed by atoms with van der Waals surface area (Å²) in [5.74, 6) is -0.0842. The van der Waals surface area contributed by atoms with Crippen molar-refractivity contribution in [1.82, 2.24) is 14.9 Å². The van der Waals surface area contributed by atoms with Gasteiger partial charge in [0.2, 0.25) is 0 Å². The molecule has 1 aliphatic heterocycles. The number of aromatic amines is 1. The van der Waals surface area contributed by atoms with Gasteiger partial charge in [-0.15, -0.1) is 0 Å². The molecule has 0 atom stereocenters. The molecule has 5 aromatic rings. The summed E-state index contributed by atoms with van der Waals surface area (Å²) < 4.78 is 29.0. The first-order valence-corrected chi connectivity index (χ1v) is 15.2. The third-order valence-electron chi connectivity index (χ3n) is 7.29. The summed E-state index contributed by atoms with van der Waals surface area (Å²) in [6.07, 6.45) is 6.83. The van der Waals surface area contributed by atoms with Gasteiger partial charge in [-0.3, -0.25) is 14.6 Å². The molecule has 0 amide bonds. The molecule has 41 heavy (non-hydrogen) atoms. The Kier molecular flexibility index (Phi) is 7.54. The van der Waals surface area contributed by atoms with Crippen molar-refractivity contribution in [3.05, 3.63) is 114 Å². The highest BCUT2D eigenvalue weighted by Gasteiger charge is 2.22. The van der Waals surface area contributed by atoms with Crippen LogP contribution in [0.1, 0.15) is 36.0 Å². The van der Waals surface area contributed by atoms with E-state index in [0.717, 1.165) is 30.9 Å². The Morgan fingerprint density at radius 1 is 0.951 bits per heavy atom. The lowest BCUT2D eigenvalue weighted by molar-refractivity contribution is 0.221. The molecule has 0 radical (unpaired) electrons. The number of benzene rings is 3. The Hall–Kier alpha value is -4.47. The number of hydrogen-bond donors (Lipinski definition) is 3. The summed E-state index contributed by atoms with van der Waals surface area (Å²) >= 11 is 0. The summed E-state index contributed by atoms with van der Waals surface area (Å²) in [6.45, 7) is 3.18. The molecule has 0 unspecified atom stereocenters. The molecule has 1 saturated heterocycles. The summed E-state index contributed by atoms with van der Waals surface area (Å²) in [7, 11) is -3.91. The normalized spacial score (nSPS) is 14.8. The first kappa shape index (κ1) is 26.7. The van der Waals surface area contributed by atoms with Gasteiger partial charge in [0.15, 0.2) is 5.88 Å². The summed E-state index contributed by atoms with van der Waals surface area (Å²) in [5, 5.41) is 11.6. The van der Waals surface area contributed by atoms with Gasteiger partial charge in [-0.05, 0) is 74.0 Å². The number of H-pyrrole nitrogens is 1. The molecule has 3 aromatic carbocycles. The molecule has 0 saturated carbocycles. The number of likely N-dealkylation sites (tertiary alicyclic amines) is 1. The fourth-order valence-electron chi connectivity index (χ4n) is 5.24. The number of anilines is 1. The van der Waals surface area contributed by atoms with Crippen LogP contribution >= 0.6 is 0 Å². The molecular weight excluding hydrogens is 534 g/mol. The van der Waals surface area contributed by atoms with Gasteiger partial charge >= 0.3 is 0 Å². The van der Waals surface area contributed by atoms with Crippen LogP contribution in [0.3, 0.4) is 0 Å². The maximum atomic E-state index is 13.2. The molecule has 208 valence electrons. The van der Waals surface area contributed by atoms with Crippen molar-refractivity contribution in [2.24, 2.45) is 4.99 Å². The lowest BCUT2D eigenvalue weighted by Gasteiger charge is -2.26. The lowest BCUT2D eigenvalue weighted by Crippen LogP contribution is -2.28. The Balaban J connectivity index is 1.39. The maximum Gasteiger partial charge on any atom is 0.261 e. The first-order chi connectivity index (χ1) is 20.0. The van der Waals surface area contributed by atoms with E-state index in [-0.39, 0.29) is 10.8 Å². The van der Waals surface area contributed by atoms with E-state index in [1.54, 1.807) is 30.5 Å². The molecule has 1 aliphatic rings. The number of pyridine rings is 1. The van der Waals surface area contributed by atoms with E-state index in [9.17, 15) is 13.5 Å². The number of hydrogen-bond acceptors (Lipinski definition) is 6. The second-order valence-electron chi connectivity index (χ2n) is 10.2. The molecule has 1 fully saturated rings. The summed E-state index contributed by atoms with van der Waals surface area (Å²) in [4.78, 5) is 14.5. The van der Waals surface area contributed by atoms with E-state index in [1.807, 2.05) is 42.5 Å². The minimum Gasteiger partial charge on any atom is -0.494 e. The van der Waals surface area contributed by atoms with Crippen LogP contribution in [0.5, 0.6) is 5.88 Å². The molecule has 2 aromatic heterocycles. The van der Waals surface area contributed by atoms with Gasteiger partial charge in [-0.1, -0.05) is 48.9 Å². The molecule has 0 spiro atoms. The van der Waals surface area contributed by atoms with E-state index < -0.39 is 10.0 Å². The quantitative estimate of drug-likeness (QED) is 0.193. The Morgan fingerprint density at radius 3 is 2.46 bits per heavy atom. The molecule has 6 rings (SSSR count). The van der Waals surface area contributed by atoms with E-state index in [4.69, 9.17) is 4.99 Å². The number of aromatic hydroxyl groups is 1. The molecule has 3 N–H and O–H groups in total. The second kappa shape index (κ2) is 11.6. The third kappa shape index (κ3) is 6.01. The van der Waals surface area contributed by atoms with Crippen molar-refractivity contribution in [1.29, 1.82) is 0 Å². The van der Waals surface area contributed by atoms with Crippen LogP contribution in [-0.4, -0.2) is 47.2 Å². The third-order valence-corrected chi connectivity index (χ3v) is 8.67. The van der Waals surface area contributed by atoms with Crippen LogP contribution in [0.15, 0.2) is 107 Å². The number of nitrogens with one attached hydrogen (secondary N) is 2. The number of nitrogens with zero attached hydrogens (tertiary/aromatic N) is 3. The Morgan fingerprint density at radius 2 is 1.73 bits per heavy atom. The van der Waals surface area contributed by atoms with Crippen LogP contribution in [0, 0.1) is 0 Å². The lowest BCUT2D eigenvalue weighted by atomic mass is 10.0. The van der Waals surface area contributed by atoms with Gasteiger partial charge in [0, 0.05) is 29.2 Å². The Bertz CT molecular complexity index is 1780. The maximum absolute atomic E-state index is 13.2. The van der Waals surface area contributed by atoms with Gasteiger partial charge in [0.05, 0.1) is 33.7 Å². The average Bonchev–Trinajstić information content (AvgIpc) is 3.33. The zero-order chi connectivity index (χ0) is 28.2. The van der Waals surface area contributed by atoms with Crippen LogP contribution in [0.2, 0.25) is 0 Å². The number of rotatable bonds is 8. The highest BCUT2D eigenvalue weighted by molar-refractivity contribution is 7.92. The number of fused-ring (bicyclic) bond motifs is 1. The number of aliphatic imine (C=N–C) groups is 1. The van der Waals surface area contributed by atoms with Crippen LogP contribution < -0.4 is 4.72 Å². The second-order valence-corrected chi connectivity index (χ2v) is 11.9. The summed E-state index contributed by atoms with van der Waals surface area (Å²) in [6, 6.07) is 25.7. The van der Waals surface area contributed by atoms with Gasteiger partial charge in [0.25, 0.3) is 10.0 Å². The van der Waals surface area contributed by atoms with Crippen molar-refractivity contribution < 1.29 is 13.5 Å². The van der Waals surface area contributed by atoms with Gasteiger partial charge in [0.1, 0.15) is 0 Å². The van der Waals surface area contributed by atoms with E-state index >= 15 is 0 Å². The first-order valence-electron chi connectivity index (χ1n) is 13.7. The van der Waals surface area contributed by atoms with Crippen molar-refractivity contribution in [2.75, 3.05) is 17.8 Å². The number of aromatic nitrogens is 2. The van der Waals surface area contributed by atoms with Crippen molar-refractivity contribution in [3.63, 3.8) is 0 Å². The highest BCUT2D eigenvalue weighted by atomic mass is 32.2. The van der Waals surface area contributed by atoms with Crippen molar-refractivity contribution >= 4 is 38.0 Å². The fourth-order valence-corrected chi connectivity index (χ4v) is 6.31. The van der Waals surface area contributed by atoms with Crippen molar-refractivity contribution in [2.45, 2.75) is 30.7 Å². The van der Waals surface area contributed by atoms with Crippen LogP contribution in [-0.2, 0) is 16.6 Å². The molecular formula is C32H31N5O3S. The molecule has 0 aliphatic carbocycles. The SMILES string of the molecule is O=S(=O)(Nc1cccnc1)c1ccc2[nH]c(O)c(C(=Nc3ccc(CN4CCCCC4)cc3)c3ccccc3)c2c1. The topological polar surface area (TPSA) is 111 Å². The highest BCUT2D eigenvalue weighted by Crippen LogP contribution is 2.33. The largest absolute Gasteiger partial charge is 0.494 e. The van der Waals surface area contributed by atoms with Gasteiger partial charge < -0.3 is 10.1 Å². The monoisotopic (exact) mass is 565 g/mol. The smallest absolute Gasteiger partial charge is 0.261 e. The standard InChI is InChI=1S/C32H31N5O3S/c38-32-30(28-20-27(15-16-29(28)35-32)41(39,40)36-26-10-7-17-33-21-26)31(24-8-3-1-4-9-24)34-25-13-11-23(12-14-25)22-37-18-5-2-6-19-37/h1,3-4,7-17,20-21,35-36,38H,2,5-6,18-19,22H2. The van der Waals surface area contributed by atoms with Gasteiger partial charge in [-0.25, -0.2) is 13.4 Å². The van der Waals surface area contributed by atoms with Gasteiger partial charge in [-0.2, -0.15) is 0 Å². The van der Waals surface area contributed by atoms with E-state index in [2.05, 4.69) is 31.7 Å². The van der Waals surface area contributed by atoms with Crippen molar-refractivity contribution in [3.8, 4) is 5.88 Å². The summed E-state index contributed by atoms with van der Waals surface area (Å²) in [5.41, 5.74) is 4.69. The van der Waals surface area contributed by atoms with E-state index in [0.29, 0.717) is 27.9 Å².